The Bertz CT molecular complexity index is 637. The normalized spacial score (nSPS) is 10.8. The molecule has 1 aromatic heterocycles. The summed E-state index contributed by atoms with van der Waals surface area (Å²) in [5.74, 6) is -0.275. The highest BCUT2D eigenvalue weighted by atomic mass is 79.9. The maximum atomic E-state index is 13.9. The van der Waals surface area contributed by atoms with Gasteiger partial charge in [0, 0.05) is 15.7 Å². The molecule has 3 nitrogen and oxygen atoms in total. The van der Waals surface area contributed by atoms with Crippen molar-refractivity contribution in [2.45, 2.75) is 33.2 Å². The van der Waals surface area contributed by atoms with Crippen LogP contribution in [0.15, 0.2) is 22.7 Å². The number of carbonyl (C=O) groups excluding carboxylic acids is 1. The molecule has 1 heterocycles. The first kappa shape index (κ1) is 14.9. The van der Waals surface area contributed by atoms with Crippen molar-refractivity contribution < 1.29 is 9.18 Å². The van der Waals surface area contributed by atoms with E-state index in [4.69, 9.17) is 0 Å². The zero-order chi connectivity index (χ0) is 14.7. The van der Waals surface area contributed by atoms with E-state index < -0.39 is 0 Å². The minimum atomic E-state index is -0.275. The maximum absolute atomic E-state index is 13.9. The quantitative estimate of drug-likeness (QED) is 0.778. The number of halogens is 2. The first-order valence-corrected chi connectivity index (χ1v) is 7.37. The summed E-state index contributed by atoms with van der Waals surface area (Å²) in [5.41, 5.74) is 2.84. The van der Waals surface area contributed by atoms with E-state index >= 15 is 0 Å². The van der Waals surface area contributed by atoms with Crippen molar-refractivity contribution >= 4 is 22.2 Å². The molecule has 0 aliphatic heterocycles. The summed E-state index contributed by atoms with van der Waals surface area (Å²) >= 11 is 3.24. The number of hydrogen-bond donors (Lipinski definition) is 0. The van der Waals surface area contributed by atoms with Gasteiger partial charge in [0.05, 0.1) is 17.8 Å². The van der Waals surface area contributed by atoms with Gasteiger partial charge in [-0.25, -0.2) is 4.39 Å². The van der Waals surface area contributed by atoms with Gasteiger partial charge in [0.2, 0.25) is 0 Å². The molecule has 0 saturated carbocycles. The van der Waals surface area contributed by atoms with E-state index in [9.17, 15) is 9.18 Å². The van der Waals surface area contributed by atoms with Crippen LogP contribution >= 0.6 is 15.9 Å². The van der Waals surface area contributed by atoms with Crippen LogP contribution in [-0.4, -0.2) is 16.1 Å². The summed E-state index contributed by atoms with van der Waals surface area (Å²) in [6, 6.07) is 4.97. The first-order chi connectivity index (χ1) is 9.60. The summed E-state index contributed by atoms with van der Waals surface area (Å²) in [4.78, 5) is 11.2. The van der Waals surface area contributed by atoms with Crippen LogP contribution in [0.1, 0.15) is 41.2 Å². The van der Waals surface area contributed by atoms with Crippen LogP contribution in [0.4, 0.5) is 4.39 Å². The maximum Gasteiger partial charge on any atom is 0.153 e. The summed E-state index contributed by atoms with van der Waals surface area (Å²) < 4.78 is 16.3. The van der Waals surface area contributed by atoms with E-state index in [-0.39, 0.29) is 5.82 Å². The Balaban J connectivity index is 2.42. The van der Waals surface area contributed by atoms with E-state index in [1.807, 2.05) is 13.8 Å². The van der Waals surface area contributed by atoms with Crippen LogP contribution in [0.25, 0.3) is 0 Å². The van der Waals surface area contributed by atoms with Crippen LogP contribution in [-0.2, 0) is 19.4 Å². The molecule has 20 heavy (non-hydrogen) atoms. The van der Waals surface area contributed by atoms with Gasteiger partial charge < -0.3 is 0 Å². The van der Waals surface area contributed by atoms with Crippen molar-refractivity contribution in [1.82, 2.24) is 9.78 Å². The van der Waals surface area contributed by atoms with Gasteiger partial charge in [-0.05, 0) is 25.0 Å². The van der Waals surface area contributed by atoms with Crippen molar-refractivity contribution in [2.24, 2.45) is 0 Å². The molecule has 1 aromatic carbocycles. The molecule has 0 bridgehead atoms. The van der Waals surface area contributed by atoms with Gasteiger partial charge in [-0.1, -0.05) is 35.8 Å². The molecule has 0 fully saturated rings. The second kappa shape index (κ2) is 6.31. The lowest BCUT2D eigenvalue weighted by atomic mass is 10.1. The Morgan fingerprint density at radius 1 is 1.35 bits per heavy atom. The summed E-state index contributed by atoms with van der Waals surface area (Å²) in [5, 5.41) is 4.44. The molecule has 2 rings (SSSR count). The molecule has 0 saturated heterocycles. The molecule has 106 valence electrons. The van der Waals surface area contributed by atoms with Crippen LogP contribution in [0.2, 0.25) is 0 Å². The third-order valence-electron chi connectivity index (χ3n) is 3.30. The molecule has 0 radical (unpaired) electrons. The van der Waals surface area contributed by atoms with E-state index in [2.05, 4.69) is 21.0 Å². The Morgan fingerprint density at radius 3 is 2.65 bits per heavy atom. The smallest absolute Gasteiger partial charge is 0.153 e. The number of benzene rings is 1. The number of aromatic nitrogens is 2. The zero-order valence-electron chi connectivity index (χ0n) is 11.5. The Labute approximate surface area is 125 Å². The molecule has 0 atom stereocenters. The van der Waals surface area contributed by atoms with Gasteiger partial charge in [-0.2, -0.15) is 5.10 Å². The SMILES string of the molecule is CCc1nn(Cc2ccc(Br)cc2F)c(CC)c1C=O. The molecule has 0 unspecified atom stereocenters. The predicted molar refractivity (Wildman–Crippen MR) is 79.6 cm³/mol. The van der Waals surface area contributed by atoms with E-state index in [0.717, 1.165) is 17.7 Å². The average Bonchev–Trinajstić information content (AvgIpc) is 2.78. The van der Waals surface area contributed by atoms with Gasteiger partial charge in [0.1, 0.15) is 5.82 Å². The second-order valence-electron chi connectivity index (χ2n) is 4.53. The number of aldehydes is 1. The highest BCUT2D eigenvalue weighted by molar-refractivity contribution is 9.10. The Hall–Kier alpha value is -1.49. The van der Waals surface area contributed by atoms with E-state index in [1.165, 1.54) is 6.07 Å². The first-order valence-electron chi connectivity index (χ1n) is 6.58. The van der Waals surface area contributed by atoms with Crippen LogP contribution < -0.4 is 0 Å². The largest absolute Gasteiger partial charge is 0.298 e. The highest BCUT2D eigenvalue weighted by Gasteiger charge is 2.16. The van der Waals surface area contributed by atoms with Crippen molar-refractivity contribution in [3.8, 4) is 0 Å². The molecule has 0 amide bonds. The molecule has 0 aliphatic carbocycles. The molecular formula is C15H16BrFN2O. The van der Waals surface area contributed by atoms with Gasteiger partial charge in [-0.15, -0.1) is 0 Å². The Morgan fingerprint density at radius 2 is 2.10 bits per heavy atom. The van der Waals surface area contributed by atoms with Gasteiger partial charge in [0.15, 0.2) is 6.29 Å². The monoisotopic (exact) mass is 338 g/mol. The van der Waals surface area contributed by atoms with Crippen LogP contribution in [0, 0.1) is 5.82 Å². The fraction of sp³-hybridized carbons (Fsp3) is 0.333. The number of rotatable bonds is 5. The molecule has 2 aromatic rings. The van der Waals surface area contributed by atoms with E-state index in [1.54, 1.807) is 16.8 Å². The summed E-state index contributed by atoms with van der Waals surface area (Å²) in [6.45, 7) is 4.26. The standard InChI is InChI=1S/C15H16BrFN2O/c1-3-14-12(9-20)15(4-2)19(18-14)8-10-5-6-11(16)7-13(10)17/h5-7,9H,3-4,8H2,1-2H3. The number of carbonyl (C=O) groups is 1. The lowest BCUT2D eigenvalue weighted by molar-refractivity contribution is 0.112. The van der Waals surface area contributed by atoms with Crippen LogP contribution in [0.5, 0.6) is 0 Å². The van der Waals surface area contributed by atoms with Crippen molar-refractivity contribution in [3.63, 3.8) is 0 Å². The predicted octanol–water partition coefficient (Wildman–Crippen LogP) is 3.77. The summed E-state index contributed by atoms with van der Waals surface area (Å²) in [6.07, 6.45) is 2.23. The molecule has 0 N–H and O–H groups in total. The molecular weight excluding hydrogens is 323 g/mol. The third-order valence-corrected chi connectivity index (χ3v) is 3.79. The van der Waals surface area contributed by atoms with Crippen LogP contribution in [0.3, 0.4) is 0 Å². The van der Waals surface area contributed by atoms with Gasteiger partial charge in [-0.3, -0.25) is 9.48 Å². The fourth-order valence-corrected chi connectivity index (χ4v) is 2.61. The minimum Gasteiger partial charge on any atom is -0.298 e. The lowest BCUT2D eigenvalue weighted by Crippen LogP contribution is -2.08. The topological polar surface area (TPSA) is 34.9 Å². The Kier molecular flexibility index (Phi) is 4.70. The van der Waals surface area contributed by atoms with Crippen molar-refractivity contribution in [2.75, 3.05) is 0 Å². The third kappa shape index (κ3) is 2.82. The van der Waals surface area contributed by atoms with Gasteiger partial charge in [0.25, 0.3) is 0 Å². The van der Waals surface area contributed by atoms with E-state index in [0.29, 0.717) is 35.0 Å². The molecule has 0 aliphatic rings. The number of hydrogen-bond acceptors (Lipinski definition) is 2. The minimum absolute atomic E-state index is 0.275. The second-order valence-corrected chi connectivity index (χ2v) is 5.44. The molecule has 5 heteroatoms. The average molecular weight is 339 g/mol. The highest BCUT2D eigenvalue weighted by Crippen LogP contribution is 2.19. The number of aryl methyl sites for hydroxylation is 1. The number of nitrogens with zero attached hydrogens (tertiary/aromatic N) is 2. The summed E-state index contributed by atoms with van der Waals surface area (Å²) in [7, 11) is 0. The zero-order valence-corrected chi connectivity index (χ0v) is 13.1. The van der Waals surface area contributed by atoms with Crippen molar-refractivity contribution in [3.05, 3.63) is 51.0 Å². The lowest BCUT2D eigenvalue weighted by Gasteiger charge is -2.08. The van der Waals surface area contributed by atoms with Crippen molar-refractivity contribution in [1.29, 1.82) is 0 Å². The molecule has 0 spiro atoms. The van der Waals surface area contributed by atoms with Gasteiger partial charge >= 0.3 is 0 Å². The fourth-order valence-electron chi connectivity index (χ4n) is 2.28.